The first-order valence-electron chi connectivity index (χ1n) is 2.17. The van der Waals surface area contributed by atoms with Crippen molar-refractivity contribution in [3.8, 4) is 0 Å². The standard InChI is InChI=1S/C6H9N/c1-3-5-7-6-4-2/h3-6H,1H2,2H3/b6-4-,7-5?. The average Bonchev–Trinajstić information content (AvgIpc) is 1.69. The van der Waals surface area contributed by atoms with Crippen LogP contribution in [0, 0.1) is 0 Å². The third-order valence-corrected chi connectivity index (χ3v) is 0.427. The Morgan fingerprint density at radius 1 is 1.57 bits per heavy atom. The summed E-state index contributed by atoms with van der Waals surface area (Å²) in [4.78, 5) is 3.78. The summed E-state index contributed by atoms with van der Waals surface area (Å²) < 4.78 is 0. The maximum Gasteiger partial charge on any atom is 0.0261 e. The number of hydrogen-bond donors (Lipinski definition) is 0. The lowest BCUT2D eigenvalue weighted by molar-refractivity contribution is 1.55. The van der Waals surface area contributed by atoms with E-state index in [4.69, 9.17) is 0 Å². The molecule has 0 radical (unpaired) electrons. The van der Waals surface area contributed by atoms with E-state index in [0.717, 1.165) is 0 Å². The van der Waals surface area contributed by atoms with Crippen molar-refractivity contribution in [2.24, 2.45) is 4.99 Å². The molecule has 38 valence electrons. The average molecular weight is 95.1 g/mol. The summed E-state index contributed by atoms with van der Waals surface area (Å²) in [5.74, 6) is 0. The fourth-order valence-corrected chi connectivity index (χ4v) is 0.197. The van der Waals surface area contributed by atoms with Crippen LogP contribution in [0.25, 0.3) is 0 Å². The molecule has 0 spiro atoms. The quantitative estimate of drug-likeness (QED) is 0.463. The molecule has 0 heterocycles. The first-order valence-corrected chi connectivity index (χ1v) is 2.17. The highest BCUT2D eigenvalue weighted by atomic mass is 14.6. The van der Waals surface area contributed by atoms with Gasteiger partial charge in [0.25, 0.3) is 0 Å². The van der Waals surface area contributed by atoms with Crippen LogP contribution in [-0.2, 0) is 0 Å². The third-order valence-electron chi connectivity index (χ3n) is 0.427. The van der Waals surface area contributed by atoms with Crippen LogP contribution in [0.5, 0.6) is 0 Å². The highest BCUT2D eigenvalue weighted by Crippen LogP contribution is 1.68. The van der Waals surface area contributed by atoms with Gasteiger partial charge in [0, 0.05) is 12.4 Å². The van der Waals surface area contributed by atoms with Gasteiger partial charge in [0.05, 0.1) is 0 Å². The van der Waals surface area contributed by atoms with E-state index in [2.05, 4.69) is 11.6 Å². The fourth-order valence-electron chi connectivity index (χ4n) is 0.197. The van der Waals surface area contributed by atoms with Gasteiger partial charge in [-0.3, -0.25) is 4.99 Å². The molecule has 0 aliphatic heterocycles. The Bertz CT molecular complexity index is 90.4. The molecule has 1 nitrogen and oxygen atoms in total. The Kier molecular flexibility index (Phi) is 4.52. The van der Waals surface area contributed by atoms with Gasteiger partial charge in [-0.05, 0) is 6.92 Å². The van der Waals surface area contributed by atoms with Crippen molar-refractivity contribution in [3.63, 3.8) is 0 Å². The van der Waals surface area contributed by atoms with Gasteiger partial charge in [-0.15, -0.1) is 0 Å². The molecule has 0 unspecified atom stereocenters. The van der Waals surface area contributed by atoms with Crippen LogP contribution in [0.4, 0.5) is 0 Å². The minimum atomic E-state index is 1.64. The Balaban J connectivity index is 3.27. The molecule has 7 heavy (non-hydrogen) atoms. The summed E-state index contributed by atoms with van der Waals surface area (Å²) >= 11 is 0. The molecular formula is C6H9N. The van der Waals surface area contributed by atoms with Gasteiger partial charge < -0.3 is 0 Å². The van der Waals surface area contributed by atoms with E-state index in [1.54, 1.807) is 18.5 Å². The van der Waals surface area contributed by atoms with Crippen molar-refractivity contribution in [1.82, 2.24) is 0 Å². The van der Waals surface area contributed by atoms with E-state index >= 15 is 0 Å². The van der Waals surface area contributed by atoms with E-state index in [9.17, 15) is 0 Å². The van der Waals surface area contributed by atoms with Crippen LogP contribution in [0.1, 0.15) is 6.92 Å². The SMILES string of the molecule is C=CC=N/C=C\C. The second-order valence-electron chi connectivity index (χ2n) is 1.02. The van der Waals surface area contributed by atoms with Crippen molar-refractivity contribution in [2.45, 2.75) is 6.92 Å². The smallest absolute Gasteiger partial charge is 0.0261 e. The maximum atomic E-state index is 3.78. The normalized spacial score (nSPS) is 11.0. The molecule has 0 bridgehead atoms. The van der Waals surface area contributed by atoms with Crippen LogP contribution in [-0.4, -0.2) is 6.21 Å². The zero-order chi connectivity index (χ0) is 5.54. The van der Waals surface area contributed by atoms with Crippen LogP contribution >= 0.6 is 0 Å². The van der Waals surface area contributed by atoms with E-state index in [1.807, 2.05) is 13.0 Å². The van der Waals surface area contributed by atoms with Gasteiger partial charge in [0.1, 0.15) is 0 Å². The zero-order valence-electron chi connectivity index (χ0n) is 4.46. The van der Waals surface area contributed by atoms with Crippen molar-refractivity contribution in [1.29, 1.82) is 0 Å². The Morgan fingerprint density at radius 3 is 2.71 bits per heavy atom. The van der Waals surface area contributed by atoms with Crippen LogP contribution in [0.2, 0.25) is 0 Å². The molecule has 0 rings (SSSR count). The van der Waals surface area contributed by atoms with E-state index in [1.165, 1.54) is 0 Å². The van der Waals surface area contributed by atoms with Gasteiger partial charge in [0.15, 0.2) is 0 Å². The van der Waals surface area contributed by atoms with Gasteiger partial charge >= 0.3 is 0 Å². The number of nitrogens with zero attached hydrogens (tertiary/aromatic N) is 1. The summed E-state index contributed by atoms with van der Waals surface area (Å²) in [5, 5.41) is 0. The Morgan fingerprint density at radius 2 is 2.29 bits per heavy atom. The Labute approximate surface area is 44.1 Å². The summed E-state index contributed by atoms with van der Waals surface area (Å²) in [6.07, 6.45) is 6.85. The second-order valence-corrected chi connectivity index (χ2v) is 1.02. The zero-order valence-corrected chi connectivity index (χ0v) is 4.46. The largest absolute Gasteiger partial charge is 0.265 e. The summed E-state index contributed by atoms with van der Waals surface area (Å²) in [6, 6.07) is 0. The van der Waals surface area contributed by atoms with E-state index < -0.39 is 0 Å². The molecule has 1 heteroatoms. The van der Waals surface area contributed by atoms with Crippen molar-refractivity contribution in [2.75, 3.05) is 0 Å². The number of allylic oxidation sites excluding steroid dienone is 2. The molecule has 0 aliphatic rings. The summed E-state index contributed by atoms with van der Waals surface area (Å²) in [5.41, 5.74) is 0. The minimum Gasteiger partial charge on any atom is -0.265 e. The molecule has 0 aromatic carbocycles. The van der Waals surface area contributed by atoms with E-state index in [-0.39, 0.29) is 0 Å². The molecule has 0 atom stereocenters. The highest BCUT2D eigenvalue weighted by molar-refractivity contribution is 5.70. The molecule has 0 saturated heterocycles. The van der Waals surface area contributed by atoms with Gasteiger partial charge in [-0.25, -0.2) is 0 Å². The third kappa shape index (κ3) is 5.15. The van der Waals surface area contributed by atoms with Gasteiger partial charge in [-0.1, -0.05) is 18.7 Å². The van der Waals surface area contributed by atoms with Gasteiger partial charge in [-0.2, -0.15) is 0 Å². The lowest BCUT2D eigenvalue weighted by atomic mass is 10.7. The molecular weight excluding hydrogens is 86.1 g/mol. The minimum absolute atomic E-state index is 1.64. The lowest BCUT2D eigenvalue weighted by Gasteiger charge is -1.66. The van der Waals surface area contributed by atoms with Crippen molar-refractivity contribution < 1.29 is 0 Å². The van der Waals surface area contributed by atoms with Gasteiger partial charge in [0.2, 0.25) is 0 Å². The summed E-state index contributed by atoms with van der Waals surface area (Å²) in [6.45, 7) is 5.37. The first-order chi connectivity index (χ1) is 3.41. The fraction of sp³-hybridized carbons (Fsp3) is 0.167. The monoisotopic (exact) mass is 95.1 g/mol. The Hall–Kier alpha value is -0.850. The van der Waals surface area contributed by atoms with Crippen LogP contribution < -0.4 is 0 Å². The molecule has 0 amide bonds. The number of rotatable bonds is 2. The van der Waals surface area contributed by atoms with E-state index in [0.29, 0.717) is 0 Å². The topological polar surface area (TPSA) is 12.4 Å². The molecule has 0 N–H and O–H groups in total. The molecule has 0 fully saturated rings. The molecule has 0 saturated carbocycles. The molecule has 0 aliphatic carbocycles. The number of hydrogen-bond acceptors (Lipinski definition) is 1. The molecule has 0 aromatic rings. The van der Waals surface area contributed by atoms with Crippen LogP contribution in [0.3, 0.4) is 0 Å². The second kappa shape index (κ2) is 5.15. The first kappa shape index (κ1) is 6.15. The predicted molar refractivity (Wildman–Crippen MR) is 33.5 cm³/mol. The lowest BCUT2D eigenvalue weighted by Crippen LogP contribution is -1.54. The predicted octanol–water partition coefficient (Wildman–Crippen LogP) is 1.78. The van der Waals surface area contributed by atoms with Crippen molar-refractivity contribution >= 4 is 6.21 Å². The number of aliphatic imine (C=N–C) groups is 1. The maximum absolute atomic E-state index is 3.78. The van der Waals surface area contributed by atoms with Crippen molar-refractivity contribution in [3.05, 3.63) is 24.9 Å². The van der Waals surface area contributed by atoms with Crippen LogP contribution in [0.15, 0.2) is 29.9 Å². The molecule has 0 aromatic heterocycles. The summed E-state index contributed by atoms with van der Waals surface area (Å²) in [7, 11) is 0. The highest BCUT2D eigenvalue weighted by Gasteiger charge is 1.51.